The van der Waals surface area contributed by atoms with Crippen molar-refractivity contribution in [2.24, 2.45) is 0 Å². The van der Waals surface area contributed by atoms with E-state index in [2.05, 4.69) is 10.3 Å². The van der Waals surface area contributed by atoms with Crippen LogP contribution >= 0.6 is 0 Å². The van der Waals surface area contributed by atoms with E-state index in [4.69, 9.17) is 4.74 Å². The number of ether oxygens (including phenoxy) is 1. The van der Waals surface area contributed by atoms with Gasteiger partial charge in [0.15, 0.2) is 0 Å². The normalized spacial score (nSPS) is 24.4. The number of hydrogen-bond acceptors (Lipinski definition) is 3. The summed E-state index contributed by atoms with van der Waals surface area (Å²) in [4.78, 5) is 15.2. The minimum atomic E-state index is -0.748. The third kappa shape index (κ3) is 2.19. The number of nitrogens with one attached hydrogen (secondary N) is 1. The molecule has 2 rings (SSSR count). The smallest absolute Gasteiger partial charge is 0.256 e. The summed E-state index contributed by atoms with van der Waals surface area (Å²) in [6.07, 6.45) is 2.05. The second kappa shape index (κ2) is 4.17. The van der Waals surface area contributed by atoms with Gasteiger partial charge in [-0.3, -0.25) is 4.79 Å². The molecule has 86 valence electrons. The molecule has 5 heteroatoms. The molecule has 1 N–H and O–H groups in total. The Bertz CT molecular complexity index is 403. The summed E-state index contributed by atoms with van der Waals surface area (Å²) in [5.74, 6) is -1.19. The average molecular weight is 224 g/mol. The van der Waals surface area contributed by atoms with E-state index in [-0.39, 0.29) is 5.56 Å². The third-order valence-corrected chi connectivity index (χ3v) is 2.64. The van der Waals surface area contributed by atoms with Crippen molar-refractivity contribution in [1.29, 1.82) is 0 Å². The average Bonchev–Trinajstić information content (AvgIpc) is 2.65. The molecule has 0 spiro atoms. The highest BCUT2D eigenvalue weighted by Gasteiger charge is 2.32. The number of carbonyl (C=O) groups excluding carboxylic acids is 1. The summed E-state index contributed by atoms with van der Waals surface area (Å²) in [5.41, 5.74) is -0.435. The van der Waals surface area contributed by atoms with Crippen LogP contribution in [0.2, 0.25) is 0 Å². The molecule has 1 amide bonds. The minimum absolute atomic E-state index is 0.0318. The van der Waals surface area contributed by atoms with E-state index in [1.807, 2.05) is 6.92 Å². The molecule has 1 fully saturated rings. The largest absolute Gasteiger partial charge is 0.379 e. The molecule has 0 bridgehead atoms. The van der Waals surface area contributed by atoms with E-state index in [1.54, 1.807) is 0 Å². The zero-order chi connectivity index (χ0) is 11.6. The Morgan fingerprint density at radius 2 is 2.50 bits per heavy atom. The maximum absolute atomic E-state index is 13.2. The van der Waals surface area contributed by atoms with Crippen LogP contribution in [0.3, 0.4) is 0 Å². The fourth-order valence-electron chi connectivity index (χ4n) is 1.66. The van der Waals surface area contributed by atoms with E-state index in [9.17, 15) is 9.18 Å². The number of carbonyl (C=O) groups is 1. The van der Waals surface area contributed by atoms with Gasteiger partial charge in [-0.25, -0.2) is 4.98 Å². The SMILES string of the molecule is CC1(NC(=O)c2cccnc2F)CCOC1. The summed E-state index contributed by atoms with van der Waals surface area (Å²) in [7, 11) is 0. The monoisotopic (exact) mass is 224 g/mol. The van der Waals surface area contributed by atoms with Gasteiger partial charge in [0.25, 0.3) is 5.91 Å². The first-order chi connectivity index (χ1) is 7.61. The van der Waals surface area contributed by atoms with Gasteiger partial charge in [0, 0.05) is 12.8 Å². The molecule has 0 aromatic carbocycles. The number of nitrogens with zero attached hydrogens (tertiary/aromatic N) is 1. The van der Waals surface area contributed by atoms with Crippen LogP contribution in [0.1, 0.15) is 23.7 Å². The van der Waals surface area contributed by atoms with E-state index in [0.717, 1.165) is 6.42 Å². The molecule has 1 unspecified atom stereocenters. The second-order valence-corrected chi connectivity index (χ2v) is 4.16. The number of amides is 1. The molecule has 0 saturated carbocycles. The molecule has 0 aliphatic carbocycles. The van der Waals surface area contributed by atoms with E-state index >= 15 is 0 Å². The standard InChI is InChI=1S/C11H13FN2O2/c1-11(4-6-16-7-11)14-10(15)8-3-2-5-13-9(8)12/h2-3,5H,4,6-7H2,1H3,(H,14,15). The van der Waals surface area contributed by atoms with Crippen molar-refractivity contribution in [3.8, 4) is 0 Å². The zero-order valence-electron chi connectivity index (χ0n) is 9.00. The predicted octanol–water partition coefficient (Wildman–Crippen LogP) is 1.13. The maximum atomic E-state index is 13.2. The second-order valence-electron chi connectivity index (χ2n) is 4.16. The van der Waals surface area contributed by atoms with Crippen LogP contribution in [0, 0.1) is 5.95 Å². The number of pyridine rings is 1. The van der Waals surface area contributed by atoms with Crippen LogP contribution < -0.4 is 5.32 Å². The first kappa shape index (κ1) is 11.0. The molecule has 1 atom stereocenters. The Morgan fingerprint density at radius 3 is 3.12 bits per heavy atom. The van der Waals surface area contributed by atoms with Crippen molar-refractivity contribution in [2.75, 3.05) is 13.2 Å². The maximum Gasteiger partial charge on any atom is 0.256 e. The van der Waals surface area contributed by atoms with Crippen LogP contribution in [-0.2, 0) is 4.74 Å². The van der Waals surface area contributed by atoms with Gasteiger partial charge in [-0.05, 0) is 25.5 Å². The van der Waals surface area contributed by atoms with Crippen molar-refractivity contribution >= 4 is 5.91 Å². The molecule has 16 heavy (non-hydrogen) atoms. The molecule has 1 aliphatic rings. The van der Waals surface area contributed by atoms with Gasteiger partial charge < -0.3 is 10.1 Å². The first-order valence-corrected chi connectivity index (χ1v) is 5.11. The number of halogens is 1. The third-order valence-electron chi connectivity index (χ3n) is 2.64. The van der Waals surface area contributed by atoms with Crippen molar-refractivity contribution < 1.29 is 13.9 Å². The van der Waals surface area contributed by atoms with Gasteiger partial charge in [-0.1, -0.05) is 0 Å². The van der Waals surface area contributed by atoms with Crippen LogP contribution in [0.5, 0.6) is 0 Å². The van der Waals surface area contributed by atoms with Crippen LogP contribution in [0.15, 0.2) is 18.3 Å². The van der Waals surface area contributed by atoms with Crippen molar-refractivity contribution in [3.05, 3.63) is 29.8 Å². The summed E-state index contributed by atoms with van der Waals surface area (Å²) in [6, 6.07) is 2.95. The minimum Gasteiger partial charge on any atom is -0.379 e. The molecular formula is C11H13FN2O2. The lowest BCUT2D eigenvalue weighted by Crippen LogP contribution is -2.46. The summed E-state index contributed by atoms with van der Waals surface area (Å²) in [5, 5.41) is 2.77. The van der Waals surface area contributed by atoms with E-state index in [1.165, 1.54) is 18.3 Å². The molecule has 2 heterocycles. The van der Waals surface area contributed by atoms with Gasteiger partial charge in [0.1, 0.15) is 0 Å². The Hall–Kier alpha value is -1.49. The number of hydrogen-bond donors (Lipinski definition) is 1. The fraction of sp³-hybridized carbons (Fsp3) is 0.455. The van der Waals surface area contributed by atoms with Crippen molar-refractivity contribution in [2.45, 2.75) is 18.9 Å². The highest BCUT2D eigenvalue weighted by atomic mass is 19.1. The Morgan fingerprint density at radius 1 is 1.69 bits per heavy atom. The lowest BCUT2D eigenvalue weighted by molar-refractivity contribution is 0.0885. The number of aromatic nitrogens is 1. The summed E-state index contributed by atoms with van der Waals surface area (Å²) in [6.45, 7) is 2.96. The summed E-state index contributed by atoms with van der Waals surface area (Å²) >= 11 is 0. The molecular weight excluding hydrogens is 211 g/mol. The molecule has 4 nitrogen and oxygen atoms in total. The van der Waals surface area contributed by atoms with Gasteiger partial charge in [0.2, 0.25) is 5.95 Å². The Balaban J connectivity index is 2.11. The van der Waals surface area contributed by atoms with Crippen LogP contribution in [0.4, 0.5) is 4.39 Å². The van der Waals surface area contributed by atoms with E-state index in [0.29, 0.717) is 13.2 Å². The van der Waals surface area contributed by atoms with Crippen molar-refractivity contribution in [3.63, 3.8) is 0 Å². The highest BCUT2D eigenvalue weighted by Crippen LogP contribution is 2.18. The predicted molar refractivity (Wildman–Crippen MR) is 55.5 cm³/mol. The van der Waals surface area contributed by atoms with Gasteiger partial charge in [-0.15, -0.1) is 0 Å². The zero-order valence-corrected chi connectivity index (χ0v) is 9.00. The van der Waals surface area contributed by atoms with Crippen LogP contribution in [-0.4, -0.2) is 29.6 Å². The molecule has 1 aliphatic heterocycles. The quantitative estimate of drug-likeness (QED) is 0.766. The van der Waals surface area contributed by atoms with E-state index < -0.39 is 17.4 Å². The Kier molecular flexibility index (Phi) is 2.87. The van der Waals surface area contributed by atoms with Crippen molar-refractivity contribution in [1.82, 2.24) is 10.3 Å². The highest BCUT2D eigenvalue weighted by molar-refractivity contribution is 5.94. The lowest BCUT2D eigenvalue weighted by atomic mass is 10.0. The summed E-state index contributed by atoms with van der Waals surface area (Å²) < 4.78 is 18.4. The molecule has 0 radical (unpaired) electrons. The van der Waals surface area contributed by atoms with Gasteiger partial charge in [0.05, 0.1) is 17.7 Å². The first-order valence-electron chi connectivity index (χ1n) is 5.11. The molecule has 1 saturated heterocycles. The fourth-order valence-corrected chi connectivity index (χ4v) is 1.66. The lowest BCUT2D eigenvalue weighted by Gasteiger charge is -2.23. The number of rotatable bonds is 2. The van der Waals surface area contributed by atoms with Crippen LogP contribution in [0.25, 0.3) is 0 Å². The topological polar surface area (TPSA) is 51.2 Å². The van der Waals surface area contributed by atoms with Gasteiger partial charge in [-0.2, -0.15) is 4.39 Å². The van der Waals surface area contributed by atoms with Gasteiger partial charge >= 0.3 is 0 Å². The molecule has 1 aromatic heterocycles. The Labute approximate surface area is 92.8 Å². The molecule has 1 aromatic rings.